The molecule has 0 saturated carbocycles. The topological polar surface area (TPSA) is 377 Å². The third kappa shape index (κ3) is 18.5. The molecule has 1 fully saturated rings. The highest BCUT2D eigenvalue weighted by Crippen LogP contribution is 2.22. The lowest BCUT2D eigenvalue weighted by molar-refractivity contribution is -0.136. The predicted octanol–water partition coefficient (Wildman–Crippen LogP) is 1.08. The molecule has 81 heavy (non-hydrogen) atoms. The molecule has 0 spiro atoms. The standard InChI is InChI=1S/C58H77N13O10/c1-4-5-18-41(51(61)74)65-55(78)45(27-33(2)3)68-57(80)48(30-36-32-64-40-20-12-10-17-38(36)40)71-56(79)46(28-34-14-7-6-8-15-34)69-58(81)47(29-35-31-63-39-19-11-9-16-37(35)39)70-54(77)44(23-25-50(60)73)67-53(76)43(22-24-49(59)72)66-52(75)42-21-13-26-62-42/h6-12,14-17,19-20,31-33,41-48,62-64H,4-5,13,18,21-30H2,1-3H3,(H2,59,72)(H2,60,73)(H2,61,74)(H,65,78)(H,66,75)(H,67,76)(H,68,80)(H,69,81)(H,70,77)(H,71,79)/t41-,42-,43-,44-,45-,46-,47+,48+/m0/s1. The average molecular weight is 1120 g/mol. The Morgan fingerprint density at radius 2 is 0.951 bits per heavy atom. The molecule has 1 aliphatic rings. The van der Waals surface area contributed by atoms with Gasteiger partial charge in [0.2, 0.25) is 59.1 Å². The number of nitrogens with one attached hydrogen (secondary N) is 10. The highest BCUT2D eigenvalue weighted by atomic mass is 16.2. The highest BCUT2D eigenvalue weighted by Gasteiger charge is 2.36. The molecule has 1 saturated heterocycles. The van der Waals surface area contributed by atoms with Crippen molar-refractivity contribution in [2.75, 3.05) is 6.54 Å². The first-order chi connectivity index (χ1) is 38.8. The van der Waals surface area contributed by atoms with E-state index in [9.17, 15) is 38.4 Å². The van der Waals surface area contributed by atoms with Crippen molar-refractivity contribution in [3.05, 3.63) is 108 Å². The Bertz CT molecular complexity index is 3010. The number of hydrogen-bond donors (Lipinski definition) is 13. The van der Waals surface area contributed by atoms with Crippen LogP contribution in [-0.2, 0) is 67.2 Å². The zero-order valence-corrected chi connectivity index (χ0v) is 46.1. The van der Waals surface area contributed by atoms with Crippen LogP contribution in [-0.4, -0.2) is 124 Å². The molecule has 1 aliphatic heterocycles. The van der Waals surface area contributed by atoms with E-state index in [1.807, 2.05) is 63.2 Å². The van der Waals surface area contributed by atoms with Crippen molar-refractivity contribution in [2.24, 2.45) is 23.1 Å². The first-order valence-corrected chi connectivity index (χ1v) is 27.7. The van der Waals surface area contributed by atoms with Crippen molar-refractivity contribution < 1.29 is 47.9 Å². The molecule has 6 rings (SSSR count). The number of para-hydroxylation sites is 2. The molecule has 2 aromatic heterocycles. The van der Waals surface area contributed by atoms with Crippen LogP contribution in [0, 0.1) is 5.92 Å². The van der Waals surface area contributed by atoms with E-state index in [2.05, 4.69) is 52.5 Å². The fourth-order valence-electron chi connectivity index (χ4n) is 9.84. The number of nitrogens with two attached hydrogens (primary N) is 3. The molecule has 10 amide bonds. The molecule has 8 atom stereocenters. The van der Waals surface area contributed by atoms with E-state index in [1.165, 1.54) is 0 Å². The zero-order chi connectivity index (χ0) is 58.6. The Hall–Kier alpha value is -8.60. The van der Waals surface area contributed by atoms with E-state index in [1.54, 1.807) is 48.8 Å². The van der Waals surface area contributed by atoms with Gasteiger partial charge in [-0.05, 0) is 79.8 Å². The summed E-state index contributed by atoms with van der Waals surface area (Å²) in [5.41, 5.74) is 20.0. The molecule has 3 aromatic carbocycles. The molecular formula is C58H77N13O10. The Morgan fingerprint density at radius 3 is 1.42 bits per heavy atom. The number of benzene rings is 3. The number of aromatic nitrogens is 2. The normalized spacial score (nSPS) is 15.7. The lowest BCUT2D eigenvalue weighted by Crippen LogP contribution is -2.61. The molecule has 23 heteroatoms. The fraction of sp³-hybridized carbons (Fsp3) is 0.448. The van der Waals surface area contributed by atoms with Gasteiger partial charge in [0.05, 0.1) is 6.04 Å². The quantitative estimate of drug-likeness (QED) is 0.0289. The van der Waals surface area contributed by atoms with Gasteiger partial charge in [0.25, 0.3) is 0 Å². The number of carbonyl (C=O) groups excluding carboxylic acids is 10. The Morgan fingerprint density at radius 1 is 0.519 bits per heavy atom. The maximum absolute atomic E-state index is 15.1. The van der Waals surface area contributed by atoms with Crippen LogP contribution in [0.5, 0.6) is 0 Å². The minimum absolute atomic E-state index is 0.0772. The van der Waals surface area contributed by atoms with Crippen molar-refractivity contribution in [2.45, 2.75) is 153 Å². The van der Waals surface area contributed by atoms with Crippen LogP contribution in [0.3, 0.4) is 0 Å². The highest BCUT2D eigenvalue weighted by molar-refractivity contribution is 5.99. The van der Waals surface area contributed by atoms with Gasteiger partial charge < -0.3 is 69.7 Å². The van der Waals surface area contributed by atoms with Gasteiger partial charge >= 0.3 is 0 Å². The van der Waals surface area contributed by atoms with Crippen LogP contribution in [0.4, 0.5) is 0 Å². The minimum atomic E-state index is -1.52. The van der Waals surface area contributed by atoms with E-state index in [-0.39, 0.29) is 57.3 Å². The Labute approximate surface area is 469 Å². The van der Waals surface area contributed by atoms with Crippen molar-refractivity contribution >= 4 is 80.9 Å². The number of carbonyl (C=O) groups is 10. The molecule has 3 heterocycles. The number of rotatable bonds is 32. The van der Waals surface area contributed by atoms with Gasteiger partial charge in [-0.1, -0.05) is 100 Å². The summed E-state index contributed by atoms with van der Waals surface area (Å²) in [7, 11) is 0. The molecule has 16 N–H and O–H groups in total. The lowest BCUT2D eigenvalue weighted by Gasteiger charge is -2.28. The third-order valence-corrected chi connectivity index (χ3v) is 14.2. The molecule has 0 unspecified atom stereocenters. The second-order valence-corrected chi connectivity index (χ2v) is 21.1. The smallest absolute Gasteiger partial charge is 0.243 e. The zero-order valence-electron chi connectivity index (χ0n) is 46.1. The van der Waals surface area contributed by atoms with Crippen LogP contribution in [0.2, 0.25) is 0 Å². The lowest BCUT2D eigenvalue weighted by atomic mass is 9.99. The molecular weight excluding hydrogens is 1040 g/mol. The number of unbranched alkanes of at least 4 members (excludes halogenated alkanes) is 1. The molecule has 0 bridgehead atoms. The summed E-state index contributed by atoms with van der Waals surface area (Å²) in [6, 6.07) is 13.6. The largest absolute Gasteiger partial charge is 0.370 e. The third-order valence-electron chi connectivity index (χ3n) is 14.2. The van der Waals surface area contributed by atoms with Gasteiger partial charge in [0.15, 0.2) is 0 Å². The summed E-state index contributed by atoms with van der Waals surface area (Å²) >= 11 is 0. The summed E-state index contributed by atoms with van der Waals surface area (Å²) < 4.78 is 0. The summed E-state index contributed by atoms with van der Waals surface area (Å²) in [4.78, 5) is 144. The van der Waals surface area contributed by atoms with Crippen molar-refractivity contribution in [1.82, 2.24) is 52.5 Å². The monoisotopic (exact) mass is 1120 g/mol. The van der Waals surface area contributed by atoms with Crippen LogP contribution >= 0.6 is 0 Å². The maximum Gasteiger partial charge on any atom is 0.243 e. The van der Waals surface area contributed by atoms with Gasteiger partial charge in [0, 0.05) is 66.3 Å². The second kappa shape index (κ2) is 30.1. The number of aromatic amines is 2. The van der Waals surface area contributed by atoms with Crippen molar-refractivity contribution in [3.63, 3.8) is 0 Å². The molecule has 0 radical (unpaired) electrons. The van der Waals surface area contributed by atoms with Gasteiger partial charge in [0.1, 0.15) is 42.3 Å². The average Bonchev–Trinajstić information content (AvgIpc) is 4.23. The maximum atomic E-state index is 15.1. The number of amides is 10. The van der Waals surface area contributed by atoms with Crippen LogP contribution < -0.4 is 59.7 Å². The number of fused-ring (bicyclic) bond motifs is 2. The van der Waals surface area contributed by atoms with Crippen LogP contribution in [0.15, 0.2) is 91.3 Å². The van der Waals surface area contributed by atoms with E-state index in [0.29, 0.717) is 47.9 Å². The Kier molecular flexibility index (Phi) is 22.9. The molecule has 23 nitrogen and oxygen atoms in total. The summed E-state index contributed by atoms with van der Waals surface area (Å²) in [6.07, 6.45) is 4.87. The fourth-order valence-corrected chi connectivity index (χ4v) is 9.84. The van der Waals surface area contributed by atoms with Gasteiger partial charge in [-0.25, -0.2) is 0 Å². The molecule has 5 aromatic rings. The summed E-state index contributed by atoms with van der Waals surface area (Å²) in [6.45, 7) is 6.25. The van der Waals surface area contributed by atoms with Crippen molar-refractivity contribution in [3.8, 4) is 0 Å². The summed E-state index contributed by atoms with van der Waals surface area (Å²) in [5, 5.41) is 23.8. The first-order valence-electron chi connectivity index (χ1n) is 27.7. The van der Waals surface area contributed by atoms with Gasteiger partial charge in [-0.2, -0.15) is 0 Å². The van der Waals surface area contributed by atoms with Crippen molar-refractivity contribution in [1.29, 1.82) is 0 Å². The predicted molar refractivity (Wildman–Crippen MR) is 304 cm³/mol. The van der Waals surface area contributed by atoms with E-state index in [4.69, 9.17) is 17.2 Å². The summed E-state index contributed by atoms with van der Waals surface area (Å²) in [5.74, 6) is -7.67. The Balaban J connectivity index is 1.32. The van der Waals surface area contributed by atoms with E-state index in [0.717, 1.165) is 29.3 Å². The van der Waals surface area contributed by atoms with E-state index >= 15 is 9.59 Å². The number of hydrogen-bond acceptors (Lipinski definition) is 11. The first kappa shape index (κ1) is 61.6. The van der Waals surface area contributed by atoms with E-state index < -0.39 is 107 Å². The second-order valence-electron chi connectivity index (χ2n) is 21.1. The van der Waals surface area contributed by atoms with Crippen LogP contribution in [0.25, 0.3) is 21.8 Å². The molecule has 434 valence electrons. The molecule has 0 aliphatic carbocycles. The minimum Gasteiger partial charge on any atom is -0.370 e. The van der Waals surface area contributed by atoms with Gasteiger partial charge in [-0.15, -0.1) is 0 Å². The number of H-pyrrole nitrogens is 2. The SMILES string of the molecule is CCCC[C@H](NC(=O)[C@H](CC(C)C)NC(=O)[C@@H](Cc1c[nH]c2ccccc12)NC(=O)[C@H](Cc1ccccc1)NC(=O)[C@@H](Cc1c[nH]c2ccccc12)NC(=O)[C@H](CCC(N)=O)NC(=O)[C@H](CCC(N)=O)NC(=O)[C@@H]1CCCN1)C(N)=O. The van der Waals surface area contributed by atoms with Gasteiger partial charge in [-0.3, -0.25) is 47.9 Å². The van der Waals surface area contributed by atoms with Crippen LogP contribution in [0.1, 0.15) is 102 Å². The number of primary amides is 3.